The molecule has 0 spiro atoms. The molecule has 0 unspecified atom stereocenters. The van der Waals surface area contributed by atoms with Gasteiger partial charge in [0, 0.05) is 19.3 Å². The summed E-state index contributed by atoms with van der Waals surface area (Å²) in [6.45, 7) is 6.02. The predicted molar refractivity (Wildman–Crippen MR) is 96.0 cm³/mol. The van der Waals surface area contributed by atoms with Crippen LogP contribution in [0, 0.1) is 20.8 Å². The molecule has 0 aliphatic carbocycles. The van der Waals surface area contributed by atoms with Crippen molar-refractivity contribution in [3.63, 3.8) is 0 Å². The zero-order chi connectivity index (χ0) is 18.2. The third-order valence-corrected chi connectivity index (χ3v) is 5.66. The molecule has 3 aromatic rings. The van der Waals surface area contributed by atoms with Gasteiger partial charge >= 0.3 is 0 Å². The van der Waals surface area contributed by atoms with Crippen molar-refractivity contribution in [2.75, 3.05) is 4.72 Å². The van der Waals surface area contributed by atoms with Gasteiger partial charge in [0.05, 0.1) is 17.9 Å². The summed E-state index contributed by atoms with van der Waals surface area (Å²) < 4.78 is 31.1. The van der Waals surface area contributed by atoms with Gasteiger partial charge in [0.15, 0.2) is 5.82 Å². The van der Waals surface area contributed by atoms with Gasteiger partial charge in [-0.3, -0.25) is 14.1 Å². The van der Waals surface area contributed by atoms with Crippen molar-refractivity contribution in [2.45, 2.75) is 32.2 Å². The van der Waals surface area contributed by atoms with Crippen LogP contribution in [-0.2, 0) is 23.6 Å². The molecule has 0 saturated heterocycles. The first-order chi connectivity index (χ1) is 11.8. The largest absolute Gasteiger partial charge is 0.271 e. The highest BCUT2D eigenvalue weighted by molar-refractivity contribution is 7.92. The molecule has 2 heterocycles. The average Bonchev–Trinajstić information content (AvgIpc) is 3.05. The summed E-state index contributed by atoms with van der Waals surface area (Å²) in [6.07, 6.45) is 1.75. The lowest BCUT2D eigenvalue weighted by atomic mass is 10.1. The maximum absolute atomic E-state index is 12.6. The first-order valence-corrected chi connectivity index (χ1v) is 9.36. The molecule has 0 amide bonds. The summed E-state index contributed by atoms with van der Waals surface area (Å²) >= 11 is 0. The van der Waals surface area contributed by atoms with Crippen LogP contribution in [0.3, 0.4) is 0 Å². The van der Waals surface area contributed by atoms with Gasteiger partial charge in [-0.15, -0.1) is 0 Å². The average molecular weight is 359 g/mol. The van der Waals surface area contributed by atoms with E-state index in [0.717, 1.165) is 5.56 Å². The van der Waals surface area contributed by atoms with Gasteiger partial charge in [-0.05, 0) is 26.3 Å². The zero-order valence-corrected chi connectivity index (χ0v) is 15.5. The van der Waals surface area contributed by atoms with Crippen LogP contribution in [0.5, 0.6) is 0 Å². The van der Waals surface area contributed by atoms with Gasteiger partial charge in [-0.2, -0.15) is 10.2 Å². The van der Waals surface area contributed by atoms with Gasteiger partial charge in [0.1, 0.15) is 4.90 Å². The molecule has 0 atom stereocenters. The topological polar surface area (TPSA) is 81.8 Å². The molecule has 25 heavy (non-hydrogen) atoms. The number of rotatable bonds is 5. The van der Waals surface area contributed by atoms with Gasteiger partial charge < -0.3 is 0 Å². The van der Waals surface area contributed by atoms with E-state index in [0.29, 0.717) is 17.9 Å². The molecule has 0 fully saturated rings. The van der Waals surface area contributed by atoms with Crippen LogP contribution in [0.1, 0.15) is 22.5 Å². The van der Waals surface area contributed by atoms with E-state index >= 15 is 0 Å². The van der Waals surface area contributed by atoms with E-state index < -0.39 is 10.0 Å². The minimum absolute atomic E-state index is 0.197. The lowest BCUT2D eigenvalue weighted by molar-refractivity contribution is 0.599. The quantitative estimate of drug-likeness (QED) is 0.758. The fraction of sp³-hybridized carbons (Fsp3) is 0.294. The highest BCUT2D eigenvalue weighted by Crippen LogP contribution is 2.21. The summed E-state index contributed by atoms with van der Waals surface area (Å²) in [5.41, 5.74) is 3.35. The van der Waals surface area contributed by atoms with Crippen LogP contribution >= 0.6 is 0 Å². The van der Waals surface area contributed by atoms with Gasteiger partial charge in [-0.25, -0.2) is 8.42 Å². The predicted octanol–water partition coefficient (Wildman–Crippen LogP) is 2.39. The first kappa shape index (κ1) is 17.2. The summed E-state index contributed by atoms with van der Waals surface area (Å²) in [7, 11) is -2.01. The molecule has 1 N–H and O–H groups in total. The number of hydrogen-bond acceptors (Lipinski definition) is 4. The molecular formula is C17H21N5O2S. The number of anilines is 1. The third kappa shape index (κ3) is 3.58. The number of aryl methyl sites for hydroxylation is 3. The Hall–Kier alpha value is -2.61. The number of benzene rings is 1. The maximum Gasteiger partial charge on any atom is 0.266 e. The lowest BCUT2D eigenvalue weighted by Gasteiger charge is -2.06. The normalized spacial score (nSPS) is 11.7. The Morgan fingerprint density at radius 2 is 1.72 bits per heavy atom. The number of hydrogen-bond donors (Lipinski definition) is 1. The minimum atomic E-state index is -3.73. The molecule has 0 bridgehead atoms. The number of nitrogens with one attached hydrogen (secondary N) is 1. The Labute approximate surface area is 147 Å². The van der Waals surface area contributed by atoms with Crippen molar-refractivity contribution in [1.29, 1.82) is 0 Å². The second-order valence-electron chi connectivity index (χ2n) is 6.11. The molecule has 0 radical (unpaired) electrons. The van der Waals surface area contributed by atoms with E-state index in [9.17, 15) is 8.42 Å². The van der Waals surface area contributed by atoms with Crippen molar-refractivity contribution in [1.82, 2.24) is 19.6 Å². The van der Waals surface area contributed by atoms with Crippen molar-refractivity contribution in [2.24, 2.45) is 7.05 Å². The van der Waals surface area contributed by atoms with Crippen molar-refractivity contribution >= 4 is 15.8 Å². The summed E-state index contributed by atoms with van der Waals surface area (Å²) in [4.78, 5) is 0.197. The van der Waals surface area contributed by atoms with Crippen LogP contribution in [0.2, 0.25) is 0 Å². The van der Waals surface area contributed by atoms with E-state index in [4.69, 9.17) is 0 Å². The highest BCUT2D eigenvalue weighted by Gasteiger charge is 2.24. The minimum Gasteiger partial charge on any atom is -0.271 e. The Bertz CT molecular complexity index is 1000. The summed E-state index contributed by atoms with van der Waals surface area (Å²) in [5, 5.41) is 8.46. The fourth-order valence-electron chi connectivity index (χ4n) is 2.72. The molecule has 0 aliphatic rings. The Morgan fingerprint density at radius 3 is 2.32 bits per heavy atom. The maximum atomic E-state index is 12.6. The Morgan fingerprint density at radius 1 is 1.04 bits per heavy atom. The van der Waals surface area contributed by atoms with Crippen LogP contribution in [-0.4, -0.2) is 28.0 Å². The number of sulfonamides is 1. The smallest absolute Gasteiger partial charge is 0.266 e. The van der Waals surface area contributed by atoms with Gasteiger partial charge in [0.25, 0.3) is 10.0 Å². The molecule has 132 valence electrons. The third-order valence-electron chi connectivity index (χ3n) is 4.06. The van der Waals surface area contributed by atoms with Crippen LogP contribution in [0.25, 0.3) is 0 Å². The molecule has 8 heteroatoms. The van der Waals surface area contributed by atoms with Crippen LogP contribution < -0.4 is 4.72 Å². The van der Waals surface area contributed by atoms with E-state index in [1.807, 2.05) is 31.2 Å². The summed E-state index contributed by atoms with van der Waals surface area (Å²) in [5.74, 6) is 0.287. The Balaban J connectivity index is 1.79. The molecule has 7 nitrogen and oxygen atoms in total. The standard InChI is InChI=1S/C17H21N5O2S/c1-12-5-7-15(8-6-12)11-22-10-9-16(19-22)20-25(23,24)17-13(2)18-21(4)14(17)3/h5-10H,11H2,1-4H3,(H,19,20). The van der Waals surface area contributed by atoms with Crippen molar-refractivity contribution < 1.29 is 8.42 Å². The highest BCUT2D eigenvalue weighted by atomic mass is 32.2. The molecule has 0 aliphatic heterocycles. The van der Waals surface area contributed by atoms with Gasteiger partial charge in [0.2, 0.25) is 0 Å². The lowest BCUT2D eigenvalue weighted by Crippen LogP contribution is -2.15. The number of aromatic nitrogens is 4. The summed E-state index contributed by atoms with van der Waals surface area (Å²) in [6, 6.07) is 9.78. The van der Waals surface area contributed by atoms with E-state index in [1.165, 1.54) is 5.56 Å². The fourth-order valence-corrected chi connectivity index (χ4v) is 4.15. The van der Waals surface area contributed by atoms with E-state index in [1.54, 1.807) is 42.5 Å². The van der Waals surface area contributed by atoms with E-state index in [2.05, 4.69) is 14.9 Å². The van der Waals surface area contributed by atoms with Crippen molar-refractivity contribution in [3.05, 3.63) is 59.0 Å². The second kappa shape index (κ2) is 6.36. The molecule has 3 rings (SSSR count). The van der Waals surface area contributed by atoms with E-state index in [-0.39, 0.29) is 10.7 Å². The van der Waals surface area contributed by atoms with Crippen LogP contribution in [0.4, 0.5) is 5.82 Å². The molecule has 2 aromatic heterocycles. The SMILES string of the molecule is Cc1ccc(Cn2ccc(NS(=O)(=O)c3c(C)nn(C)c3C)n2)cc1. The van der Waals surface area contributed by atoms with Gasteiger partial charge in [-0.1, -0.05) is 29.8 Å². The first-order valence-electron chi connectivity index (χ1n) is 7.88. The second-order valence-corrected chi connectivity index (χ2v) is 7.73. The van der Waals surface area contributed by atoms with Crippen molar-refractivity contribution in [3.8, 4) is 0 Å². The number of nitrogens with zero attached hydrogens (tertiary/aromatic N) is 4. The Kier molecular flexibility index (Phi) is 4.38. The molecule has 0 saturated carbocycles. The zero-order valence-electron chi connectivity index (χ0n) is 14.7. The molecular weight excluding hydrogens is 338 g/mol. The molecule has 1 aromatic carbocycles. The van der Waals surface area contributed by atoms with Crippen LogP contribution in [0.15, 0.2) is 41.4 Å². The monoisotopic (exact) mass is 359 g/mol.